The van der Waals surface area contributed by atoms with Crippen LogP contribution in [0.5, 0.6) is 0 Å². The molecular weight excluding hydrogens is 236 g/mol. The molecule has 2 aliphatic rings. The number of rotatable bonds is 4. The summed E-state index contributed by atoms with van der Waals surface area (Å²) in [6.45, 7) is 14.6. The fourth-order valence-electron chi connectivity index (χ4n) is 3.34. The zero-order valence-corrected chi connectivity index (χ0v) is 13.3. The summed E-state index contributed by atoms with van der Waals surface area (Å²) in [7, 11) is 0. The zero-order chi connectivity index (χ0) is 13.9. The molecule has 0 aliphatic carbocycles. The number of likely N-dealkylation sites (tertiary alicyclic amines) is 1. The highest BCUT2D eigenvalue weighted by molar-refractivity contribution is 4.91. The maximum Gasteiger partial charge on any atom is 0.0546 e. The first-order valence-electron chi connectivity index (χ1n) is 7.97. The predicted octanol–water partition coefficient (Wildman–Crippen LogP) is 2.66. The molecule has 112 valence electrons. The van der Waals surface area contributed by atoms with Crippen molar-refractivity contribution >= 4 is 0 Å². The molecule has 0 aromatic heterocycles. The van der Waals surface area contributed by atoms with Crippen molar-refractivity contribution in [2.45, 2.75) is 65.0 Å². The highest BCUT2D eigenvalue weighted by Crippen LogP contribution is 2.32. The summed E-state index contributed by atoms with van der Waals surface area (Å²) >= 11 is 0. The van der Waals surface area contributed by atoms with Gasteiger partial charge in [0.1, 0.15) is 0 Å². The maximum atomic E-state index is 5.83. The lowest BCUT2D eigenvalue weighted by atomic mass is 9.81. The van der Waals surface area contributed by atoms with Gasteiger partial charge in [0.2, 0.25) is 0 Å². The second-order valence-corrected chi connectivity index (χ2v) is 7.72. The second kappa shape index (κ2) is 6.11. The molecule has 0 bridgehead atoms. The summed E-state index contributed by atoms with van der Waals surface area (Å²) in [6, 6.07) is 0.758. The SMILES string of the molecule is CC1CCCN1CC1(CNC(C)(C)C)CCCOC1. The average Bonchev–Trinajstić information content (AvgIpc) is 2.73. The number of nitrogens with zero attached hydrogens (tertiary/aromatic N) is 1. The highest BCUT2D eigenvalue weighted by atomic mass is 16.5. The van der Waals surface area contributed by atoms with Crippen molar-refractivity contribution in [3.63, 3.8) is 0 Å². The van der Waals surface area contributed by atoms with Crippen LogP contribution in [0, 0.1) is 5.41 Å². The minimum absolute atomic E-state index is 0.196. The Hall–Kier alpha value is -0.120. The van der Waals surface area contributed by atoms with Gasteiger partial charge in [0.05, 0.1) is 6.61 Å². The van der Waals surface area contributed by atoms with Gasteiger partial charge in [-0.05, 0) is 59.9 Å². The van der Waals surface area contributed by atoms with E-state index in [0.29, 0.717) is 5.41 Å². The molecule has 2 unspecified atom stereocenters. The van der Waals surface area contributed by atoms with E-state index in [4.69, 9.17) is 4.74 Å². The molecule has 3 nitrogen and oxygen atoms in total. The summed E-state index contributed by atoms with van der Waals surface area (Å²) in [6.07, 6.45) is 5.25. The lowest BCUT2D eigenvalue weighted by Crippen LogP contribution is -2.52. The van der Waals surface area contributed by atoms with E-state index in [9.17, 15) is 0 Å². The average molecular weight is 268 g/mol. The fraction of sp³-hybridized carbons (Fsp3) is 1.00. The molecule has 0 saturated carbocycles. The van der Waals surface area contributed by atoms with Gasteiger partial charge in [-0.1, -0.05) is 0 Å². The van der Waals surface area contributed by atoms with Crippen LogP contribution in [0.2, 0.25) is 0 Å². The third kappa shape index (κ3) is 4.44. The molecule has 2 fully saturated rings. The second-order valence-electron chi connectivity index (χ2n) is 7.72. The van der Waals surface area contributed by atoms with Gasteiger partial charge in [0.15, 0.2) is 0 Å². The van der Waals surface area contributed by atoms with Crippen LogP contribution in [-0.2, 0) is 4.74 Å². The first-order chi connectivity index (χ1) is 8.90. The lowest BCUT2D eigenvalue weighted by molar-refractivity contribution is -0.0298. The van der Waals surface area contributed by atoms with Crippen LogP contribution in [0.1, 0.15) is 53.4 Å². The van der Waals surface area contributed by atoms with Gasteiger partial charge in [-0.15, -0.1) is 0 Å². The van der Waals surface area contributed by atoms with E-state index in [0.717, 1.165) is 25.8 Å². The minimum Gasteiger partial charge on any atom is -0.381 e. The first-order valence-corrected chi connectivity index (χ1v) is 7.97. The van der Waals surface area contributed by atoms with Gasteiger partial charge in [0, 0.05) is 36.7 Å². The van der Waals surface area contributed by atoms with Crippen LogP contribution in [0.15, 0.2) is 0 Å². The van der Waals surface area contributed by atoms with Gasteiger partial charge in [0.25, 0.3) is 0 Å². The summed E-state index contributed by atoms with van der Waals surface area (Å²) in [5.74, 6) is 0. The molecule has 19 heavy (non-hydrogen) atoms. The molecule has 2 aliphatic heterocycles. The van der Waals surface area contributed by atoms with E-state index < -0.39 is 0 Å². The quantitative estimate of drug-likeness (QED) is 0.848. The molecule has 0 radical (unpaired) electrons. The van der Waals surface area contributed by atoms with Crippen LogP contribution in [0.25, 0.3) is 0 Å². The summed E-state index contributed by atoms with van der Waals surface area (Å²) < 4.78 is 5.83. The van der Waals surface area contributed by atoms with Gasteiger partial charge in [-0.2, -0.15) is 0 Å². The van der Waals surface area contributed by atoms with Gasteiger partial charge in [-0.25, -0.2) is 0 Å². The number of hydrogen-bond donors (Lipinski definition) is 1. The maximum absolute atomic E-state index is 5.83. The molecule has 0 aromatic carbocycles. The Kier molecular flexibility index (Phi) is 4.91. The van der Waals surface area contributed by atoms with Crippen LogP contribution in [-0.4, -0.2) is 49.3 Å². The van der Waals surface area contributed by atoms with Crippen molar-refractivity contribution in [3.8, 4) is 0 Å². The molecule has 3 heteroatoms. The first kappa shape index (κ1) is 15.3. The van der Waals surface area contributed by atoms with Gasteiger partial charge >= 0.3 is 0 Å². The molecule has 1 N–H and O–H groups in total. The van der Waals surface area contributed by atoms with Crippen LogP contribution >= 0.6 is 0 Å². The van der Waals surface area contributed by atoms with Crippen molar-refractivity contribution in [1.29, 1.82) is 0 Å². The molecular formula is C16H32N2O. The molecule has 0 spiro atoms. The monoisotopic (exact) mass is 268 g/mol. The normalized spacial score (nSPS) is 33.8. The van der Waals surface area contributed by atoms with Crippen molar-refractivity contribution in [2.24, 2.45) is 5.41 Å². The Morgan fingerprint density at radius 1 is 1.32 bits per heavy atom. The number of nitrogens with one attached hydrogen (secondary N) is 1. The minimum atomic E-state index is 0.196. The molecule has 0 aromatic rings. The zero-order valence-electron chi connectivity index (χ0n) is 13.3. The third-order valence-corrected chi connectivity index (χ3v) is 4.63. The van der Waals surface area contributed by atoms with Gasteiger partial charge < -0.3 is 10.1 Å². The van der Waals surface area contributed by atoms with E-state index in [1.54, 1.807) is 0 Å². The Bertz CT molecular complexity index is 279. The van der Waals surface area contributed by atoms with Crippen LogP contribution in [0.4, 0.5) is 0 Å². The fourth-order valence-corrected chi connectivity index (χ4v) is 3.34. The molecule has 2 heterocycles. The van der Waals surface area contributed by atoms with Crippen molar-refractivity contribution in [2.75, 3.05) is 32.8 Å². The van der Waals surface area contributed by atoms with Crippen molar-refractivity contribution < 1.29 is 4.74 Å². The smallest absolute Gasteiger partial charge is 0.0546 e. The lowest BCUT2D eigenvalue weighted by Gasteiger charge is -2.42. The van der Waals surface area contributed by atoms with E-state index >= 15 is 0 Å². The Morgan fingerprint density at radius 3 is 2.63 bits per heavy atom. The van der Waals surface area contributed by atoms with E-state index in [2.05, 4.69) is 37.9 Å². The summed E-state index contributed by atoms with van der Waals surface area (Å²) in [5, 5.41) is 3.71. The van der Waals surface area contributed by atoms with E-state index in [-0.39, 0.29) is 5.54 Å². The van der Waals surface area contributed by atoms with E-state index in [1.165, 1.54) is 38.8 Å². The summed E-state index contributed by atoms with van der Waals surface area (Å²) in [5.41, 5.74) is 0.519. The Balaban J connectivity index is 1.97. The van der Waals surface area contributed by atoms with Gasteiger partial charge in [-0.3, -0.25) is 4.90 Å². The topological polar surface area (TPSA) is 24.5 Å². The third-order valence-electron chi connectivity index (χ3n) is 4.63. The number of hydrogen-bond acceptors (Lipinski definition) is 3. The van der Waals surface area contributed by atoms with Crippen LogP contribution in [0.3, 0.4) is 0 Å². The molecule has 2 rings (SSSR count). The number of ether oxygens (including phenoxy) is 1. The standard InChI is InChI=1S/C16H32N2O/c1-14-7-5-9-18(14)12-16(8-6-10-19-13-16)11-17-15(2,3)4/h14,17H,5-13H2,1-4H3. The van der Waals surface area contributed by atoms with E-state index in [1.807, 2.05) is 0 Å². The highest BCUT2D eigenvalue weighted by Gasteiger charge is 2.37. The van der Waals surface area contributed by atoms with Crippen LogP contribution < -0.4 is 5.32 Å². The largest absolute Gasteiger partial charge is 0.381 e. The Labute approximate surface area is 119 Å². The Morgan fingerprint density at radius 2 is 2.11 bits per heavy atom. The molecule has 0 amide bonds. The van der Waals surface area contributed by atoms with Crippen molar-refractivity contribution in [3.05, 3.63) is 0 Å². The molecule has 2 saturated heterocycles. The van der Waals surface area contributed by atoms with Crippen molar-refractivity contribution in [1.82, 2.24) is 10.2 Å². The predicted molar refractivity (Wildman–Crippen MR) is 80.5 cm³/mol. The molecule has 2 atom stereocenters. The summed E-state index contributed by atoms with van der Waals surface area (Å²) in [4.78, 5) is 2.68.